The highest BCUT2D eigenvalue weighted by atomic mass is 32.1. The molecule has 1 unspecified atom stereocenters. The van der Waals surface area contributed by atoms with E-state index in [1.807, 2.05) is 19.1 Å². The van der Waals surface area contributed by atoms with Gasteiger partial charge in [0.1, 0.15) is 4.99 Å². The average Bonchev–Trinajstić information content (AvgIpc) is 2.39. The number of aryl methyl sites for hydroxylation is 1. The molecule has 0 aliphatic heterocycles. The van der Waals surface area contributed by atoms with Gasteiger partial charge in [-0.3, -0.25) is 0 Å². The van der Waals surface area contributed by atoms with Crippen LogP contribution in [0, 0.1) is 6.92 Å². The fourth-order valence-corrected chi connectivity index (χ4v) is 2.46. The fraction of sp³-hybridized carbons (Fsp3) is 0.533. The van der Waals surface area contributed by atoms with Gasteiger partial charge in [-0.2, -0.15) is 0 Å². The summed E-state index contributed by atoms with van der Waals surface area (Å²) in [6.07, 6.45) is 0. The van der Waals surface area contributed by atoms with Gasteiger partial charge in [-0.15, -0.1) is 0 Å². The van der Waals surface area contributed by atoms with Crippen LogP contribution in [0.2, 0.25) is 0 Å². The molecule has 20 heavy (non-hydrogen) atoms. The van der Waals surface area contributed by atoms with Crippen molar-refractivity contribution in [3.05, 3.63) is 29.3 Å². The van der Waals surface area contributed by atoms with E-state index in [4.69, 9.17) is 27.4 Å². The van der Waals surface area contributed by atoms with Crippen LogP contribution in [0.5, 0.6) is 0 Å². The molecular formula is C15H24N2O2S. The van der Waals surface area contributed by atoms with Gasteiger partial charge >= 0.3 is 0 Å². The summed E-state index contributed by atoms with van der Waals surface area (Å²) in [6, 6.07) is 6.40. The summed E-state index contributed by atoms with van der Waals surface area (Å²) in [5.41, 5.74) is 8.85. The Morgan fingerprint density at radius 2 is 2.05 bits per heavy atom. The Balaban J connectivity index is 3.00. The minimum Gasteiger partial charge on any atom is -0.389 e. The third-order valence-corrected chi connectivity index (χ3v) is 3.50. The van der Waals surface area contributed by atoms with Gasteiger partial charge in [-0.05, 0) is 37.6 Å². The predicted octanol–water partition coefficient (Wildman–Crippen LogP) is 2.12. The molecule has 2 N–H and O–H groups in total. The molecular weight excluding hydrogens is 272 g/mol. The van der Waals surface area contributed by atoms with Gasteiger partial charge in [0.2, 0.25) is 0 Å². The van der Waals surface area contributed by atoms with E-state index in [0.29, 0.717) is 18.2 Å². The molecule has 1 aromatic rings. The fourth-order valence-electron chi connectivity index (χ4n) is 2.23. The zero-order chi connectivity index (χ0) is 15.1. The van der Waals surface area contributed by atoms with Gasteiger partial charge in [-0.1, -0.05) is 12.2 Å². The van der Waals surface area contributed by atoms with Crippen LogP contribution in [0.25, 0.3) is 0 Å². The molecule has 0 heterocycles. The Bertz CT molecular complexity index is 451. The van der Waals surface area contributed by atoms with Crippen LogP contribution in [-0.2, 0) is 9.47 Å². The first kappa shape index (κ1) is 16.9. The molecule has 0 aliphatic rings. The first-order chi connectivity index (χ1) is 9.51. The molecule has 1 atom stereocenters. The monoisotopic (exact) mass is 296 g/mol. The zero-order valence-electron chi connectivity index (χ0n) is 12.7. The second-order valence-electron chi connectivity index (χ2n) is 4.85. The predicted molar refractivity (Wildman–Crippen MR) is 87.6 cm³/mol. The molecule has 112 valence electrons. The van der Waals surface area contributed by atoms with Crippen LogP contribution in [-0.4, -0.2) is 45.0 Å². The van der Waals surface area contributed by atoms with Crippen LogP contribution in [0.4, 0.5) is 5.69 Å². The molecule has 0 amide bonds. The van der Waals surface area contributed by atoms with Crippen LogP contribution < -0.4 is 10.6 Å². The Labute approximate surface area is 126 Å². The van der Waals surface area contributed by atoms with E-state index in [2.05, 4.69) is 17.9 Å². The minimum absolute atomic E-state index is 0.269. The molecule has 0 spiro atoms. The molecule has 0 aliphatic carbocycles. The highest BCUT2D eigenvalue weighted by molar-refractivity contribution is 7.80. The molecule has 0 fully saturated rings. The molecule has 1 aromatic carbocycles. The number of hydrogen-bond acceptors (Lipinski definition) is 4. The van der Waals surface area contributed by atoms with E-state index >= 15 is 0 Å². The molecule has 0 saturated heterocycles. The second-order valence-corrected chi connectivity index (χ2v) is 5.29. The minimum atomic E-state index is 0.269. The largest absolute Gasteiger partial charge is 0.389 e. The van der Waals surface area contributed by atoms with Crippen LogP contribution in [0.15, 0.2) is 18.2 Å². The lowest BCUT2D eigenvalue weighted by Gasteiger charge is -2.31. The standard InChI is InChI=1S/C15H24N2O2S/c1-11-9-13(5-6-14(11)15(16)20)17(7-8-18-3)12(2)10-19-4/h5-6,9,12H,7-8,10H2,1-4H3,(H2,16,20). The Morgan fingerprint density at radius 1 is 1.35 bits per heavy atom. The summed E-state index contributed by atoms with van der Waals surface area (Å²) in [6.45, 7) is 6.31. The van der Waals surface area contributed by atoms with Gasteiger partial charge in [0.05, 0.1) is 13.2 Å². The lowest BCUT2D eigenvalue weighted by atomic mass is 10.1. The van der Waals surface area contributed by atoms with Gasteiger partial charge < -0.3 is 20.1 Å². The van der Waals surface area contributed by atoms with Crippen molar-refractivity contribution < 1.29 is 9.47 Å². The van der Waals surface area contributed by atoms with Gasteiger partial charge in [0.25, 0.3) is 0 Å². The topological polar surface area (TPSA) is 47.7 Å². The van der Waals surface area contributed by atoms with Crippen LogP contribution >= 0.6 is 12.2 Å². The summed E-state index contributed by atoms with van der Waals surface area (Å²) in [5.74, 6) is 0. The van der Waals surface area contributed by atoms with Crippen molar-refractivity contribution in [2.75, 3.05) is 38.9 Å². The van der Waals surface area contributed by atoms with E-state index < -0.39 is 0 Å². The zero-order valence-corrected chi connectivity index (χ0v) is 13.5. The lowest BCUT2D eigenvalue weighted by Crippen LogP contribution is -2.38. The third-order valence-electron chi connectivity index (χ3n) is 3.28. The maximum atomic E-state index is 5.71. The first-order valence-corrected chi connectivity index (χ1v) is 7.07. The summed E-state index contributed by atoms with van der Waals surface area (Å²) in [7, 11) is 3.42. The van der Waals surface area contributed by atoms with E-state index in [1.54, 1.807) is 14.2 Å². The molecule has 4 nitrogen and oxygen atoms in total. The number of nitrogens with two attached hydrogens (primary N) is 1. The quantitative estimate of drug-likeness (QED) is 0.745. The van der Waals surface area contributed by atoms with Crippen molar-refractivity contribution in [2.24, 2.45) is 5.73 Å². The maximum absolute atomic E-state index is 5.71. The Morgan fingerprint density at radius 3 is 2.55 bits per heavy atom. The van der Waals surface area contributed by atoms with E-state index in [1.165, 1.54) is 0 Å². The van der Waals surface area contributed by atoms with E-state index in [0.717, 1.165) is 23.4 Å². The lowest BCUT2D eigenvalue weighted by molar-refractivity contribution is 0.171. The maximum Gasteiger partial charge on any atom is 0.104 e. The van der Waals surface area contributed by atoms with Crippen LogP contribution in [0.3, 0.4) is 0 Å². The summed E-state index contributed by atoms with van der Waals surface area (Å²) in [5, 5.41) is 0. The van der Waals surface area contributed by atoms with E-state index in [-0.39, 0.29) is 6.04 Å². The normalized spacial score (nSPS) is 12.2. The highest BCUT2D eigenvalue weighted by Gasteiger charge is 2.15. The molecule has 1 rings (SSSR count). The first-order valence-electron chi connectivity index (χ1n) is 6.66. The summed E-state index contributed by atoms with van der Waals surface area (Å²) in [4.78, 5) is 2.70. The van der Waals surface area contributed by atoms with Gasteiger partial charge in [-0.25, -0.2) is 0 Å². The summed E-state index contributed by atoms with van der Waals surface area (Å²) >= 11 is 5.05. The SMILES string of the molecule is COCCN(c1ccc(C(N)=S)c(C)c1)C(C)COC. The summed E-state index contributed by atoms with van der Waals surface area (Å²) < 4.78 is 10.4. The van der Waals surface area contributed by atoms with Crippen LogP contribution in [0.1, 0.15) is 18.1 Å². The molecule has 0 bridgehead atoms. The third kappa shape index (κ3) is 4.44. The average molecular weight is 296 g/mol. The Hall–Kier alpha value is -1.17. The number of ether oxygens (including phenoxy) is 2. The van der Waals surface area contributed by atoms with Crippen molar-refractivity contribution in [3.8, 4) is 0 Å². The number of methoxy groups -OCH3 is 2. The smallest absolute Gasteiger partial charge is 0.104 e. The number of anilines is 1. The van der Waals surface area contributed by atoms with Crippen molar-refractivity contribution in [1.82, 2.24) is 0 Å². The molecule has 0 radical (unpaired) electrons. The van der Waals surface area contributed by atoms with Crippen molar-refractivity contribution in [1.29, 1.82) is 0 Å². The number of benzene rings is 1. The molecule has 5 heteroatoms. The van der Waals surface area contributed by atoms with E-state index in [9.17, 15) is 0 Å². The number of nitrogens with zero attached hydrogens (tertiary/aromatic N) is 1. The highest BCUT2D eigenvalue weighted by Crippen LogP contribution is 2.21. The number of rotatable bonds is 8. The Kier molecular flexibility index (Phi) is 6.91. The van der Waals surface area contributed by atoms with Gasteiger partial charge in [0.15, 0.2) is 0 Å². The molecule has 0 aromatic heterocycles. The number of thiocarbonyl (C=S) groups is 1. The number of hydrogen-bond donors (Lipinski definition) is 1. The second kappa shape index (κ2) is 8.19. The van der Waals surface area contributed by atoms with Crippen molar-refractivity contribution >= 4 is 22.9 Å². The van der Waals surface area contributed by atoms with Crippen molar-refractivity contribution in [3.63, 3.8) is 0 Å². The molecule has 0 saturated carbocycles. The van der Waals surface area contributed by atoms with Crippen molar-refractivity contribution in [2.45, 2.75) is 19.9 Å². The van der Waals surface area contributed by atoms with Gasteiger partial charge in [0, 0.05) is 38.1 Å².